The van der Waals surface area contributed by atoms with Gasteiger partial charge in [0.1, 0.15) is 17.2 Å². The van der Waals surface area contributed by atoms with Crippen molar-refractivity contribution < 1.29 is 9.47 Å². The Morgan fingerprint density at radius 3 is 2.19 bits per heavy atom. The van der Waals surface area contributed by atoms with Crippen LogP contribution in [0.1, 0.15) is 33.1 Å². The van der Waals surface area contributed by atoms with Gasteiger partial charge in [0.25, 0.3) is 0 Å². The number of ether oxygens (including phenoxy) is 2. The summed E-state index contributed by atoms with van der Waals surface area (Å²) in [4.78, 5) is 2.49. The molecule has 0 unspecified atom stereocenters. The van der Waals surface area contributed by atoms with Crippen LogP contribution >= 0.6 is 0 Å². The maximum atomic E-state index is 5.88. The van der Waals surface area contributed by atoms with Crippen LogP contribution in [0.25, 0.3) is 0 Å². The van der Waals surface area contributed by atoms with E-state index in [0.717, 1.165) is 31.8 Å². The zero-order valence-electron chi connectivity index (χ0n) is 15.9. The highest BCUT2D eigenvalue weighted by Gasteiger charge is 2.04. The zero-order chi connectivity index (χ0) is 18.8. The van der Waals surface area contributed by atoms with Gasteiger partial charge in [-0.25, -0.2) is 0 Å². The Labute approximate surface area is 156 Å². The van der Waals surface area contributed by atoms with Gasteiger partial charge in [-0.3, -0.25) is 0 Å². The van der Waals surface area contributed by atoms with Crippen molar-refractivity contribution >= 4 is 11.4 Å². The van der Waals surface area contributed by atoms with E-state index in [-0.39, 0.29) is 0 Å². The Hall–Kier alpha value is -2.40. The fourth-order valence-electron chi connectivity index (χ4n) is 2.83. The number of nitrogens with two attached hydrogens (primary N) is 2. The molecule has 0 saturated heterocycles. The smallest absolute Gasteiger partial charge is 0.131 e. The van der Waals surface area contributed by atoms with E-state index >= 15 is 0 Å². The minimum atomic E-state index is 0.513. The highest BCUT2D eigenvalue weighted by atomic mass is 16.5. The van der Waals surface area contributed by atoms with Crippen molar-refractivity contribution in [2.75, 3.05) is 37.7 Å². The lowest BCUT2D eigenvalue weighted by Gasteiger charge is -2.20. The van der Waals surface area contributed by atoms with Crippen LogP contribution in [0.2, 0.25) is 0 Å². The normalized spacial score (nSPS) is 10.9. The zero-order valence-corrected chi connectivity index (χ0v) is 15.9. The maximum Gasteiger partial charge on any atom is 0.131 e. The molecule has 0 spiro atoms. The van der Waals surface area contributed by atoms with Gasteiger partial charge >= 0.3 is 0 Å². The Balaban J connectivity index is 1.83. The molecule has 0 atom stereocenters. The van der Waals surface area contributed by atoms with Gasteiger partial charge in [0.15, 0.2) is 0 Å². The summed E-state index contributed by atoms with van der Waals surface area (Å²) >= 11 is 0. The monoisotopic (exact) mass is 357 g/mol. The lowest BCUT2D eigenvalue weighted by molar-refractivity contribution is 0.234. The van der Waals surface area contributed by atoms with E-state index in [4.69, 9.17) is 20.9 Å². The number of hydrogen-bond acceptors (Lipinski definition) is 5. The molecule has 0 bridgehead atoms. The first-order valence-corrected chi connectivity index (χ1v) is 9.40. The van der Waals surface area contributed by atoms with E-state index in [1.54, 1.807) is 18.2 Å². The van der Waals surface area contributed by atoms with Gasteiger partial charge in [0.2, 0.25) is 0 Å². The Bertz CT molecular complexity index is 670. The average Bonchev–Trinajstić information content (AvgIpc) is 2.62. The molecule has 0 fully saturated rings. The third-order valence-corrected chi connectivity index (χ3v) is 4.07. The summed E-state index contributed by atoms with van der Waals surface area (Å²) in [5.74, 6) is 2.18. The van der Waals surface area contributed by atoms with Gasteiger partial charge in [0.05, 0.1) is 18.0 Å². The summed E-state index contributed by atoms with van der Waals surface area (Å²) in [7, 11) is 0. The molecule has 0 saturated carbocycles. The highest BCUT2D eigenvalue weighted by molar-refractivity contribution is 5.65. The molecular formula is C21H31N3O2. The van der Waals surface area contributed by atoms with Crippen molar-refractivity contribution in [1.29, 1.82) is 0 Å². The molecule has 5 heteroatoms. The Morgan fingerprint density at radius 2 is 1.50 bits per heavy atom. The molecule has 5 nitrogen and oxygen atoms in total. The third kappa shape index (κ3) is 6.48. The van der Waals surface area contributed by atoms with Crippen LogP contribution in [-0.2, 0) is 0 Å². The molecule has 2 aromatic carbocycles. The van der Waals surface area contributed by atoms with Crippen molar-refractivity contribution in [2.45, 2.75) is 33.1 Å². The molecular weight excluding hydrogens is 326 g/mol. The summed E-state index contributed by atoms with van der Waals surface area (Å²) in [5, 5.41) is 0. The predicted molar refractivity (Wildman–Crippen MR) is 109 cm³/mol. The molecule has 0 aliphatic heterocycles. The van der Waals surface area contributed by atoms with Gasteiger partial charge in [-0.05, 0) is 56.6 Å². The van der Waals surface area contributed by atoms with E-state index < -0.39 is 0 Å². The van der Waals surface area contributed by atoms with E-state index in [0.29, 0.717) is 29.5 Å². The number of rotatable bonds is 11. The number of nitrogen functional groups attached to an aromatic ring is 2. The maximum absolute atomic E-state index is 5.88. The highest BCUT2D eigenvalue weighted by Crippen LogP contribution is 2.28. The Kier molecular flexibility index (Phi) is 8.09. The van der Waals surface area contributed by atoms with Gasteiger partial charge in [0, 0.05) is 18.7 Å². The summed E-state index contributed by atoms with van der Waals surface area (Å²) in [6.45, 7) is 8.52. The van der Waals surface area contributed by atoms with Gasteiger partial charge < -0.3 is 25.8 Å². The standard InChI is InChI=1S/C21H31N3O2/c1-3-11-24(12-4-2)13-6-14-25-17-7-5-8-18(15-17)26-19-9-10-20(22)21(23)16-19/h5,7-10,15-16H,3-4,6,11-14,22-23H2,1-2H3. The van der Waals surface area contributed by atoms with Crippen molar-refractivity contribution in [1.82, 2.24) is 4.90 Å². The van der Waals surface area contributed by atoms with Crippen molar-refractivity contribution in [3.63, 3.8) is 0 Å². The van der Waals surface area contributed by atoms with Gasteiger partial charge in [-0.2, -0.15) is 0 Å². The summed E-state index contributed by atoms with van der Waals surface area (Å²) in [5.41, 5.74) is 12.6. The molecule has 0 aliphatic carbocycles. The van der Waals surface area contributed by atoms with E-state index in [2.05, 4.69) is 18.7 Å². The fraction of sp³-hybridized carbons (Fsp3) is 0.429. The lowest BCUT2D eigenvalue weighted by Crippen LogP contribution is -2.27. The first kappa shape index (κ1) is 19.9. The molecule has 0 heterocycles. The van der Waals surface area contributed by atoms with Crippen LogP contribution in [0.5, 0.6) is 17.2 Å². The van der Waals surface area contributed by atoms with Crippen LogP contribution < -0.4 is 20.9 Å². The number of benzene rings is 2. The van der Waals surface area contributed by atoms with Crippen molar-refractivity contribution in [3.8, 4) is 17.2 Å². The van der Waals surface area contributed by atoms with Crippen molar-refractivity contribution in [3.05, 3.63) is 42.5 Å². The minimum Gasteiger partial charge on any atom is -0.493 e. The van der Waals surface area contributed by atoms with Crippen LogP contribution in [-0.4, -0.2) is 31.1 Å². The number of hydrogen-bond donors (Lipinski definition) is 2. The summed E-state index contributed by atoms with van der Waals surface area (Å²) < 4.78 is 11.7. The molecule has 26 heavy (non-hydrogen) atoms. The van der Waals surface area contributed by atoms with E-state index in [1.165, 1.54) is 12.8 Å². The first-order valence-electron chi connectivity index (χ1n) is 9.40. The Morgan fingerprint density at radius 1 is 0.808 bits per heavy atom. The van der Waals surface area contributed by atoms with Gasteiger partial charge in [-0.1, -0.05) is 19.9 Å². The predicted octanol–water partition coefficient (Wildman–Crippen LogP) is 4.53. The van der Waals surface area contributed by atoms with Crippen molar-refractivity contribution in [2.24, 2.45) is 0 Å². The summed E-state index contributed by atoms with van der Waals surface area (Å²) in [6, 6.07) is 12.9. The van der Waals surface area contributed by atoms with Crippen LogP contribution in [0.4, 0.5) is 11.4 Å². The second-order valence-corrected chi connectivity index (χ2v) is 6.41. The molecule has 0 radical (unpaired) electrons. The first-order chi connectivity index (χ1) is 12.6. The fourth-order valence-corrected chi connectivity index (χ4v) is 2.83. The molecule has 0 aromatic heterocycles. The van der Waals surface area contributed by atoms with E-state index in [9.17, 15) is 0 Å². The van der Waals surface area contributed by atoms with Gasteiger partial charge in [-0.15, -0.1) is 0 Å². The second-order valence-electron chi connectivity index (χ2n) is 6.41. The van der Waals surface area contributed by atoms with Crippen LogP contribution in [0.15, 0.2) is 42.5 Å². The molecule has 0 amide bonds. The molecule has 2 rings (SSSR count). The minimum absolute atomic E-state index is 0.513. The van der Waals surface area contributed by atoms with Crippen LogP contribution in [0, 0.1) is 0 Å². The molecule has 2 aromatic rings. The van der Waals surface area contributed by atoms with E-state index in [1.807, 2.05) is 24.3 Å². The number of nitrogens with zero attached hydrogens (tertiary/aromatic N) is 1. The SMILES string of the molecule is CCCN(CCC)CCCOc1cccc(Oc2ccc(N)c(N)c2)c1. The average molecular weight is 357 g/mol. The molecule has 142 valence electrons. The molecule has 0 aliphatic rings. The molecule has 4 N–H and O–H groups in total. The second kappa shape index (κ2) is 10.6. The summed E-state index contributed by atoms with van der Waals surface area (Å²) in [6.07, 6.45) is 3.39. The number of anilines is 2. The largest absolute Gasteiger partial charge is 0.493 e. The topological polar surface area (TPSA) is 73.7 Å². The quantitative estimate of drug-likeness (QED) is 0.456. The van der Waals surface area contributed by atoms with Crippen LogP contribution in [0.3, 0.4) is 0 Å². The lowest BCUT2D eigenvalue weighted by atomic mass is 10.2. The third-order valence-electron chi connectivity index (χ3n) is 4.07.